The Morgan fingerprint density at radius 2 is 1.93 bits per heavy atom. The molecule has 0 aliphatic carbocycles. The van der Waals surface area contributed by atoms with Crippen LogP contribution in [-0.2, 0) is 11.2 Å². The minimum absolute atomic E-state index is 0.115. The quantitative estimate of drug-likeness (QED) is 0.670. The predicted molar refractivity (Wildman–Crippen MR) is 54.5 cm³/mol. The summed E-state index contributed by atoms with van der Waals surface area (Å²) in [6.07, 6.45) is 0.754. The summed E-state index contributed by atoms with van der Waals surface area (Å²) in [5.41, 5.74) is 1.70. The van der Waals surface area contributed by atoms with Crippen LogP contribution in [0.3, 0.4) is 0 Å². The van der Waals surface area contributed by atoms with E-state index in [0.29, 0.717) is 12.8 Å². The van der Waals surface area contributed by atoms with E-state index in [1.807, 2.05) is 6.92 Å². The molecular weight excluding hydrogens is 179 g/mol. The summed E-state index contributed by atoms with van der Waals surface area (Å²) >= 11 is 0. The summed E-state index contributed by atoms with van der Waals surface area (Å²) in [5.74, 6) is -0.162. The highest BCUT2D eigenvalue weighted by molar-refractivity contribution is 5.82. The molecule has 0 bridgehead atoms. The second kappa shape index (κ2) is 4.70. The molecule has 0 aliphatic heterocycles. The first kappa shape index (κ1) is 10.6. The number of carbonyl (C=O) groups is 1. The molecule has 0 amide bonds. The van der Waals surface area contributed by atoms with Gasteiger partial charge in [0.2, 0.25) is 0 Å². The van der Waals surface area contributed by atoms with Gasteiger partial charge in [0.25, 0.3) is 0 Å². The van der Waals surface area contributed by atoms with E-state index >= 15 is 0 Å². The van der Waals surface area contributed by atoms with E-state index in [-0.39, 0.29) is 11.6 Å². The van der Waals surface area contributed by atoms with Gasteiger partial charge >= 0.3 is 0 Å². The van der Waals surface area contributed by atoms with Gasteiger partial charge in [0, 0.05) is 12.8 Å². The van der Waals surface area contributed by atoms with Crippen LogP contribution in [0.4, 0.5) is 4.39 Å². The number of benzene rings is 1. The van der Waals surface area contributed by atoms with Crippen LogP contribution in [0.15, 0.2) is 36.4 Å². The molecule has 0 fully saturated rings. The second-order valence-corrected chi connectivity index (χ2v) is 3.48. The standard InChI is InChI=1S/C12H13FO/c1-9(2)7-12(14)8-10-3-5-11(13)6-4-10/h3-6H,1,7-8H2,2H3. The van der Waals surface area contributed by atoms with Gasteiger partial charge in [-0.25, -0.2) is 4.39 Å². The number of rotatable bonds is 4. The minimum Gasteiger partial charge on any atom is -0.299 e. The molecule has 0 radical (unpaired) electrons. The molecule has 74 valence electrons. The highest BCUT2D eigenvalue weighted by atomic mass is 19.1. The van der Waals surface area contributed by atoms with E-state index in [1.54, 1.807) is 12.1 Å². The van der Waals surface area contributed by atoms with Crippen LogP contribution < -0.4 is 0 Å². The van der Waals surface area contributed by atoms with Gasteiger partial charge in [-0.3, -0.25) is 4.79 Å². The first-order valence-corrected chi connectivity index (χ1v) is 4.48. The largest absolute Gasteiger partial charge is 0.299 e. The smallest absolute Gasteiger partial charge is 0.141 e. The maximum Gasteiger partial charge on any atom is 0.141 e. The molecule has 0 unspecified atom stereocenters. The average Bonchev–Trinajstić information content (AvgIpc) is 2.07. The third kappa shape index (κ3) is 3.52. The van der Waals surface area contributed by atoms with Crippen molar-refractivity contribution < 1.29 is 9.18 Å². The van der Waals surface area contributed by atoms with Gasteiger partial charge in [-0.2, -0.15) is 0 Å². The van der Waals surface area contributed by atoms with E-state index < -0.39 is 0 Å². The average molecular weight is 192 g/mol. The fourth-order valence-electron chi connectivity index (χ4n) is 1.23. The lowest BCUT2D eigenvalue weighted by atomic mass is 10.0. The van der Waals surface area contributed by atoms with Crippen molar-refractivity contribution in [3.05, 3.63) is 47.8 Å². The molecule has 0 aliphatic rings. The Labute approximate surface area is 83.3 Å². The maximum absolute atomic E-state index is 12.5. The van der Waals surface area contributed by atoms with Crippen LogP contribution in [0.5, 0.6) is 0 Å². The van der Waals surface area contributed by atoms with Crippen molar-refractivity contribution >= 4 is 5.78 Å². The van der Waals surface area contributed by atoms with E-state index in [2.05, 4.69) is 6.58 Å². The van der Waals surface area contributed by atoms with Gasteiger partial charge in [0.1, 0.15) is 11.6 Å². The molecule has 0 spiro atoms. The van der Waals surface area contributed by atoms with Gasteiger partial charge in [-0.1, -0.05) is 24.3 Å². The van der Waals surface area contributed by atoms with E-state index in [1.165, 1.54) is 12.1 Å². The summed E-state index contributed by atoms with van der Waals surface area (Å²) in [7, 11) is 0. The van der Waals surface area contributed by atoms with Gasteiger partial charge in [-0.15, -0.1) is 0 Å². The van der Waals surface area contributed by atoms with Crippen LogP contribution in [0.25, 0.3) is 0 Å². The van der Waals surface area contributed by atoms with E-state index in [0.717, 1.165) is 11.1 Å². The molecule has 14 heavy (non-hydrogen) atoms. The fourth-order valence-corrected chi connectivity index (χ4v) is 1.23. The Bertz CT molecular complexity index is 338. The monoisotopic (exact) mass is 192 g/mol. The molecule has 1 aromatic rings. The lowest BCUT2D eigenvalue weighted by molar-refractivity contribution is -0.117. The van der Waals surface area contributed by atoms with Crippen LogP contribution in [0.2, 0.25) is 0 Å². The minimum atomic E-state index is -0.277. The highest BCUT2D eigenvalue weighted by Crippen LogP contribution is 2.07. The lowest BCUT2D eigenvalue weighted by Gasteiger charge is -2.00. The third-order valence-corrected chi connectivity index (χ3v) is 1.81. The van der Waals surface area contributed by atoms with E-state index in [4.69, 9.17) is 0 Å². The number of halogens is 1. The summed E-state index contributed by atoms with van der Waals surface area (Å²) in [4.78, 5) is 11.4. The first-order chi connectivity index (χ1) is 6.58. The Morgan fingerprint density at radius 3 is 2.43 bits per heavy atom. The molecule has 1 rings (SSSR count). The number of allylic oxidation sites excluding steroid dienone is 1. The van der Waals surface area contributed by atoms with Crippen molar-refractivity contribution in [1.82, 2.24) is 0 Å². The van der Waals surface area contributed by atoms with Crippen molar-refractivity contribution in [2.45, 2.75) is 19.8 Å². The maximum atomic E-state index is 12.5. The molecule has 0 saturated carbocycles. The molecular formula is C12H13FO. The van der Waals surface area contributed by atoms with Gasteiger partial charge in [0.15, 0.2) is 0 Å². The lowest BCUT2D eigenvalue weighted by Crippen LogP contribution is -2.02. The molecule has 0 aromatic heterocycles. The first-order valence-electron chi connectivity index (χ1n) is 4.48. The van der Waals surface area contributed by atoms with Crippen molar-refractivity contribution in [2.24, 2.45) is 0 Å². The molecule has 1 nitrogen and oxygen atoms in total. The molecule has 0 saturated heterocycles. The van der Waals surface area contributed by atoms with Crippen molar-refractivity contribution in [2.75, 3.05) is 0 Å². The van der Waals surface area contributed by atoms with Crippen LogP contribution in [-0.4, -0.2) is 5.78 Å². The Balaban J connectivity index is 2.56. The molecule has 0 heterocycles. The molecule has 2 heteroatoms. The van der Waals surface area contributed by atoms with Gasteiger partial charge < -0.3 is 0 Å². The number of Topliss-reactive ketones (excluding diaryl/α,β-unsaturated/α-hetero) is 1. The van der Waals surface area contributed by atoms with Crippen LogP contribution in [0, 0.1) is 5.82 Å². The molecule has 0 N–H and O–H groups in total. The number of carbonyl (C=O) groups excluding carboxylic acids is 1. The summed E-state index contributed by atoms with van der Waals surface area (Å²) < 4.78 is 12.5. The van der Waals surface area contributed by atoms with Crippen LogP contribution in [0.1, 0.15) is 18.9 Å². The van der Waals surface area contributed by atoms with Gasteiger partial charge in [-0.05, 0) is 24.6 Å². The van der Waals surface area contributed by atoms with E-state index in [9.17, 15) is 9.18 Å². The van der Waals surface area contributed by atoms with Crippen molar-refractivity contribution in [3.8, 4) is 0 Å². The predicted octanol–water partition coefficient (Wildman–Crippen LogP) is 2.90. The summed E-state index contributed by atoms with van der Waals surface area (Å²) in [6, 6.07) is 5.99. The second-order valence-electron chi connectivity index (χ2n) is 3.48. The number of hydrogen-bond donors (Lipinski definition) is 0. The SMILES string of the molecule is C=C(C)CC(=O)Cc1ccc(F)cc1. The zero-order valence-electron chi connectivity index (χ0n) is 8.22. The molecule has 1 aromatic carbocycles. The van der Waals surface area contributed by atoms with Gasteiger partial charge in [0.05, 0.1) is 0 Å². The fraction of sp³-hybridized carbons (Fsp3) is 0.250. The normalized spacial score (nSPS) is 9.86. The Hall–Kier alpha value is -1.44. The molecule has 0 atom stereocenters. The zero-order chi connectivity index (χ0) is 10.6. The Morgan fingerprint density at radius 1 is 1.36 bits per heavy atom. The summed E-state index contributed by atoms with van der Waals surface area (Å²) in [5, 5.41) is 0. The zero-order valence-corrected chi connectivity index (χ0v) is 8.22. The Kier molecular flexibility index (Phi) is 3.57. The van der Waals surface area contributed by atoms with Crippen molar-refractivity contribution in [3.63, 3.8) is 0 Å². The topological polar surface area (TPSA) is 17.1 Å². The van der Waals surface area contributed by atoms with Crippen molar-refractivity contribution in [1.29, 1.82) is 0 Å². The number of ketones is 1. The van der Waals surface area contributed by atoms with Crippen LogP contribution >= 0.6 is 0 Å². The highest BCUT2D eigenvalue weighted by Gasteiger charge is 2.03. The summed E-state index contributed by atoms with van der Waals surface area (Å²) in [6.45, 7) is 5.49. The number of hydrogen-bond acceptors (Lipinski definition) is 1. The third-order valence-electron chi connectivity index (χ3n) is 1.81.